The maximum Gasteiger partial charge on any atom is 0.0653 e. The van der Waals surface area contributed by atoms with Crippen molar-refractivity contribution in [2.45, 2.75) is 6.04 Å². The van der Waals surface area contributed by atoms with Gasteiger partial charge in [0, 0.05) is 6.20 Å². The Kier molecular flexibility index (Phi) is 4.50. The molecule has 0 spiro atoms. The second-order valence-electron chi connectivity index (χ2n) is 2.02. The molecule has 3 heteroatoms. The molecule has 2 N–H and O–H groups in total. The Morgan fingerprint density at radius 3 is 2.73 bits per heavy atom. The van der Waals surface area contributed by atoms with Crippen molar-refractivity contribution in [1.29, 1.82) is 0 Å². The molecule has 0 saturated carbocycles. The number of aromatic nitrogens is 1. The van der Waals surface area contributed by atoms with Crippen LogP contribution in [-0.4, -0.2) is 4.98 Å². The maximum atomic E-state index is 5.61. The van der Waals surface area contributed by atoms with Gasteiger partial charge in [-0.1, -0.05) is 12.1 Å². The monoisotopic (exact) mass is 170 g/mol. The average molecular weight is 171 g/mol. The molecule has 0 aromatic carbocycles. The van der Waals surface area contributed by atoms with Crippen molar-refractivity contribution >= 4 is 12.4 Å². The van der Waals surface area contributed by atoms with E-state index >= 15 is 0 Å². The van der Waals surface area contributed by atoms with Gasteiger partial charge in [-0.05, 0) is 12.1 Å². The molecule has 0 radical (unpaired) electrons. The molecule has 2 nitrogen and oxygen atoms in total. The summed E-state index contributed by atoms with van der Waals surface area (Å²) in [5, 5.41) is 0. The summed E-state index contributed by atoms with van der Waals surface area (Å²) in [7, 11) is 0. The van der Waals surface area contributed by atoms with Crippen LogP contribution in [0.15, 0.2) is 37.1 Å². The summed E-state index contributed by atoms with van der Waals surface area (Å²) in [5.41, 5.74) is 6.47. The highest BCUT2D eigenvalue weighted by Crippen LogP contribution is 2.04. The second kappa shape index (κ2) is 4.88. The van der Waals surface area contributed by atoms with Crippen LogP contribution in [0.25, 0.3) is 0 Å². The molecule has 0 bridgehead atoms. The first-order valence-corrected chi connectivity index (χ1v) is 3.13. The molecule has 1 aromatic rings. The van der Waals surface area contributed by atoms with Gasteiger partial charge in [0.2, 0.25) is 0 Å². The van der Waals surface area contributed by atoms with Crippen LogP contribution in [-0.2, 0) is 0 Å². The number of nitrogens with two attached hydrogens (primary N) is 1. The van der Waals surface area contributed by atoms with E-state index in [2.05, 4.69) is 11.6 Å². The molecule has 0 unspecified atom stereocenters. The zero-order valence-electron chi connectivity index (χ0n) is 6.10. The highest BCUT2D eigenvalue weighted by molar-refractivity contribution is 5.85. The molecule has 0 aliphatic heterocycles. The lowest BCUT2D eigenvalue weighted by atomic mass is 10.2. The van der Waals surface area contributed by atoms with Crippen LogP contribution in [0.2, 0.25) is 0 Å². The van der Waals surface area contributed by atoms with Gasteiger partial charge in [-0.25, -0.2) is 0 Å². The average Bonchev–Trinajstić information content (AvgIpc) is 2.05. The molecule has 0 aliphatic carbocycles. The van der Waals surface area contributed by atoms with Crippen LogP contribution in [0.1, 0.15) is 11.7 Å². The number of pyridine rings is 1. The molecule has 1 heterocycles. The van der Waals surface area contributed by atoms with Crippen molar-refractivity contribution in [2.75, 3.05) is 0 Å². The van der Waals surface area contributed by atoms with Gasteiger partial charge in [-0.15, -0.1) is 19.0 Å². The van der Waals surface area contributed by atoms with Crippen LogP contribution in [0.5, 0.6) is 0 Å². The minimum absolute atomic E-state index is 0. The topological polar surface area (TPSA) is 38.9 Å². The normalized spacial score (nSPS) is 11.4. The summed E-state index contributed by atoms with van der Waals surface area (Å²) in [6.45, 7) is 3.57. The lowest BCUT2D eigenvalue weighted by molar-refractivity contribution is 0.864. The first kappa shape index (κ1) is 10.1. The van der Waals surface area contributed by atoms with E-state index < -0.39 is 0 Å². The van der Waals surface area contributed by atoms with Crippen molar-refractivity contribution in [3.8, 4) is 0 Å². The van der Waals surface area contributed by atoms with Gasteiger partial charge in [0.15, 0.2) is 0 Å². The van der Waals surface area contributed by atoms with E-state index in [-0.39, 0.29) is 18.4 Å². The molecule has 11 heavy (non-hydrogen) atoms. The number of hydrogen-bond acceptors (Lipinski definition) is 2. The van der Waals surface area contributed by atoms with E-state index in [9.17, 15) is 0 Å². The standard InChI is InChI=1S/C8H10N2.ClH/c1-2-7(9)8-5-3-4-6-10-8;/h2-7H,1,9H2;1H/t7-;/m0./s1. The summed E-state index contributed by atoms with van der Waals surface area (Å²) in [6, 6.07) is 5.51. The first-order valence-electron chi connectivity index (χ1n) is 3.13. The third-order valence-electron chi connectivity index (χ3n) is 1.28. The number of hydrogen-bond donors (Lipinski definition) is 1. The van der Waals surface area contributed by atoms with Crippen molar-refractivity contribution in [2.24, 2.45) is 5.73 Å². The van der Waals surface area contributed by atoms with E-state index in [0.29, 0.717) is 0 Å². The summed E-state index contributed by atoms with van der Waals surface area (Å²) < 4.78 is 0. The zero-order chi connectivity index (χ0) is 7.40. The van der Waals surface area contributed by atoms with Gasteiger partial charge < -0.3 is 5.73 Å². The summed E-state index contributed by atoms with van der Waals surface area (Å²) >= 11 is 0. The fourth-order valence-electron chi connectivity index (χ4n) is 0.694. The first-order chi connectivity index (χ1) is 4.84. The van der Waals surface area contributed by atoms with E-state index in [4.69, 9.17) is 5.73 Å². The maximum absolute atomic E-state index is 5.61. The fourth-order valence-corrected chi connectivity index (χ4v) is 0.694. The second-order valence-corrected chi connectivity index (χ2v) is 2.02. The zero-order valence-corrected chi connectivity index (χ0v) is 6.92. The Morgan fingerprint density at radius 1 is 1.55 bits per heavy atom. The molecule has 1 aromatic heterocycles. The lowest BCUT2D eigenvalue weighted by Gasteiger charge is -2.02. The third-order valence-corrected chi connectivity index (χ3v) is 1.28. The Bertz CT molecular complexity index is 211. The highest BCUT2D eigenvalue weighted by atomic mass is 35.5. The molecular formula is C8H11ClN2. The van der Waals surface area contributed by atoms with Crippen LogP contribution in [0.3, 0.4) is 0 Å². The summed E-state index contributed by atoms with van der Waals surface area (Å²) in [5.74, 6) is 0. The smallest absolute Gasteiger partial charge is 0.0653 e. The number of halogens is 1. The quantitative estimate of drug-likeness (QED) is 0.687. The predicted octanol–water partition coefficient (Wildman–Crippen LogP) is 1.69. The SMILES string of the molecule is C=C[C@H](N)c1ccccn1.Cl. The largest absolute Gasteiger partial charge is 0.319 e. The molecule has 1 atom stereocenters. The number of nitrogens with zero attached hydrogens (tertiary/aromatic N) is 1. The third kappa shape index (κ3) is 2.70. The highest BCUT2D eigenvalue weighted by Gasteiger charge is 1.98. The van der Waals surface area contributed by atoms with Crippen LogP contribution in [0, 0.1) is 0 Å². The van der Waals surface area contributed by atoms with Crippen LogP contribution >= 0.6 is 12.4 Å². The van der Waals surface area contributed by atoms with Gasteiger partial charge in [0.1, 0.15) is 0 Å². The van der Waals surface area contributed by atoms with Gasteiger partial charge in [-0.2, -0.15) is 0 Å². The molecular weight excluding hydrogens is 160 g/mol. The van der Waals surface area contributed by atoms with Gasteiger partial charge in [0.05, 0.1) is 11.7 Å². The molecule has 0 amide bonds. The predicted molar refractivity (Wildman–Crippen MR) is 48.6 cm³/mol. The van der Waals surface area contributed by atoms with Crippen molar-refractivity contribution < 1.29 is 0 Å². The number of rotatable bonds is 2. The lowest BCUT2D eigenvalue weighted by Crippen LogP contribution is -2.07. The van der Waals surface area contributed by atoms with Crippen LogP contribution < -0.4 is 5.73 Å². The van der Waals surface area contributed by atoms with Crippen molar-refractivity contribution in [3.63, 3.8) is 0 Å². The fraction of sp³-hybridized carbons (Fsp3) is 0.125. The molecule has 60 valence electrons. The van der Waals surface area contributed by atoms with E-state index in [0.717, 1.165) is 5.69 Å². The molecule has 0 aliphatic rings. The van der Waals surface area contributed by atoms with Crippen molar-refractivity contribution in [1.82, 2.24) is 4.98 Å². The van der Waals surface area contributed by atoms with Crippen LogP contribution in [0.4, 0.5) is 0 Å². The van der Waals surface area contributed by atoms with E-state index in [1.54, 1.807) is 12.3 Å². The van der Waals surface area contributed by atoms with E-state index in [1.165, 1.54) is 0 Å². The minimum Gasteiger partial charge on any atom is -0.319 e. The molecule has 1 rings (SSSR count). The minimum atomic E-state index is -0.138. The molecule has 0 saturated heterocycles. The Morgan fingerprint density at radius 2 is 2.27 bits per heavy atom. The Hall–Kier alpha value is -0.860. The Balaban J connectivity index is 0.000001000. The Labute approximate surface area is 72.5 Å². The van der Waals surface area contributed by atoms with Gasteiger partial charge in [0.25, 0.3) is 0 Å². The van der Waals surface area contributed by atoms with E-state index in [1.807, 2.05) is 18.2 Å². The summed E-state index contributed by atoms with van der Waals surface area (Å²) in [6.07, 6.45) is 3.39. The van der Waals surface area contributed by atoms with Crippen molar-refractivity contribution in [3.05, 3.63) is 42.7 Å². The van der Waals surface area contributed by atoms with Gasteiger partial charge in [-0.3, -0.25) is 4.98 Å². The molecule has 0 fully saturated rings. The van der Waals surface area contributed by atoms with Gasteiger partial charge >= 0.3 is 0 Å². The summed E-state index contributed by atoms with van der Waals surface area (Å²) in [4.78, 5) is 4.05.